The predicted molar refractivity (Wildman–Crippen MR) is 123 cm³/mol. The summed E-state index contributed by atoms with van der Waals surface area (Å²) in [4.78, 5) is 17.3. The van der Waals surface area contributed by atoms with Crippen molar-refractivity contribution in [2.75, 3.05) is 0 Å². The number of rotatable bonds is 5. The second-order valence-corrected chi connectivity index (χ2v) is 9.58. The molecule has 1 saturated carbocycles. The number of fused-ring (bicyclic) bond motifs is 1. The number of phenolic OH excluding ortho intramolecular Hbond substituents is 1. The summed E-state index contributed by atoms with van der Waals surface area (Å²) in [7, 11) is 0. The summed E-state index contributed by atoms with van der Waals surface area (Å²) in [6, 6.07) is 13.6. The molecule has 0 aliphatic heterocycles. The molecule has 162 valence electrons. The van der Waals surface area contributed by atoms with Gasteiger partial charge in [0.05, 0.1) is 5.52 Å². The van der Waals surface area contributed by atoms with Crippen molar-refractivity contribution in [1.82, 2.24) is 10.3 Å². The van der Waals surface area contributed by atoms with Crippen LogP contribution >= 0.6 is 0 Å². The molecule has 0 radical (unpaired) electrons. The third kappa shape index (κ3) is 5.16. The molecule has 1 fully saturated rings. The van der Waals surface area contributed by atoms with Crippen LogP contribution in [0.1, 0.15) is 50.4 Å². The van der Waals surface area contributed by atoms with Crippen molar-refractivity contribution >= 4 is 17.0 Å². The Balaban J connectivity index is 1.84. The molecule has 2 aromatic carbocycles. The third-order valence-electron chi connectivity index (χ3n) is 5.50. The van der Waals surface area contributed by atoms with Gasteiger partial charge in [-0.1, -0.05) is 29.8 Å². The van der Waals surface area contributed by atoms with E-state index in [1.165, 1.54) is 18.4 Å². The van der Waals surface area contributed by atoms with Crippen LogP contribution in [0, 0.1) is 12.8 Å². The van der Waals surface area contributed by atoms with E-state index in [0.29, 0.717) is 5.92 Å². The summed E-state index contributed by atoms with van der Waals surface area (Å²) >= 11 is 0. The van der Waals surface area contributed by atoms with Crippen molar-refractivity contribution in [2.45, 2.75) is 59.1 Å². The summed E-state index contributed by atoms with van der Waals surface area (Å²) in [5, 5.41) is 13.9. The van der Waals surface area contributed by atoms with E-state index >= 15 is 0 Å². The number of carbonyl (C=O) groups is 1. The number of nitrogens with one attached hydrogen (secondary N) is 1. The SMILES string of the molecule is Cc1ccc(-c2c(COC(=O)NC(C)(C)C)c(CC3CC3)nc3ccc(O)cc23)cc1. The number of pyridine rings is 1. The Kier molecular flexibility index (Phi) is 5.61. The van der Waals surface area contributed by atoms with Gasteiger partial charge >= 0.3 is 6.09 Å². The molecule has 0 spiro atoms. The Hall–Kier alpha value is -3.08. The minimum atomic E-state index is -0.448. The molecule has 1 amide bonds. The van der Waals surface area contributed by atoms with E-state index in [4.69, 9.17) is 9.72 Å². The number of aromatic nitrogens is 1. The second kappa shape index (κ2) is 8.22. The van der Waals surface area contributed by atoms with Crippen LogP contribution in [0.5, 0.6) is 5.75 Å². The van der Waals surface area contributed by atoms with Crippen molar-refractivity contribution in [3.63, 3.8) is 0 Å². The fraction of sp³-hybridized carbons (Fsp3) is 0.385. The molecule has 1 heterocycles. The Morgan fingerprint density at radius 1 is 1.16 bits per heavy atom. The van der Waals surface area contributed by atoms with Gasteiger partial charge in [-0.3, -0.25) is 4.98 Å². The fourth-order valence-corrected chi connectivity index (χ4v) is 3.79. The van der Waals surface area contributed by atoms with Crippen molar-refractivity contribution in [3.8, 4) is 16.9 Å². The van der Waals surface area contributed by atoms with Gasteiger partial charge in [-0.25, -0.2) is 4.79 Å². The lowest BCUT2D eigenvalue weighted by Gasteiger charge is -2.22. The zero-order chi connectivity index (χ0) is 22.2. The van der Waals surface area contributed by atoms with Crippen molar-refractivity contribution in [3.05, 3.63) is 59.3 Å². The first-order valence-corrected chi connectivity index (χ1v) is 10.9. The van der Waals surface area contributed by atoms with E-state index in [1.54, 1.807) is 12.1 Å². The van der Waals surface area contributed by atoms with Crippen LogP contribution in [0.2, 0.25) is 0 Å². The number of aryl methyl sites for hydroxylation is 1. The summed E-state index contributed by atoms with van der Waals surface area (Å²) in [6.45, 7) is 7.95. The topological polar surface area (TPSA) is 71.5 Å². The molecule has 1 aliphatic carbocycles. The molecule has 5 nitrogen and oxygen atoms in total. The highest BCUT2D eigenvalue weighted by Crippen LogP contribution is 2.39. The molecule has 0 bridgehead atoms. The predicted octanol–water partition coefficient (Wildman–Crippen LogP) is 5.89. The normalized spacial score (nSPS) is 13.9. The summed E-state index contributed by atoms with van der Waals surface area (Å²) < 4.78 is 5.66. The van der Waals surface area contributed by atoms with Crippen LogP contribution in [0.4, 0.5) is 4.79 Å². The van der Waals surface area contributed by atoms with E-state index in [2.05, 4.69) is 36.5 Å². The highest BCUT2D eigenvalue weighted by molar-refractivity contribution is 5.97. The molecule has 3 aromatic rings. The number of phenols is 1. The minimum absolute atomic E-state index is 0.131. The van der Waals surface area contributed by atoms with Crippen LogP contribution in [0.25, 0.3) is 22.0 Å². The Morgan fingerprint density at radius 3 is 2.52 bits per heavy atom. The maximum atomic E-state index is 12.4. The van der Waals surface area contributed by atoms with Crippen LogP contribution in [0.3, 0.4) is 0 Å². The summed E-state index contributed by atoms with van der Waals surface area (Å²) in [5.41, 5.74) is 5.52. The van der Waals surface area contributed by atoms with Crippen LogP contribution in [0.15, 0.2) is 42.5 Å². The van der Waals surface area contributed by atoms with Gasteiger partial charge in [0.2, 0.25) is 0 Å². The van der Waals surface area contributed by atoms with Gasteiger partial charge < -0.3 is 15.2 Å². The van der Waals surface area contributed by atoms with E-state index in [9.17, 15) is 9.90 Å². The monoisotopic (exact) mass is 418 g/mol. The van der Waals surface area contributed by atoms with Crippen molar-refractivity contribution < 1.29 is 14.6 Å². The Bertz CT molecular complexity index is 1110. The zero-order valence-corrected chi connectivity index (χ0v) is 18.7. The number of alkyl carbamates (subject to hydrolysis) is 1. The van der Waals surface area contributed by atoms with Gasteiger partial charge in [0.25, 0.3) is 0 Å². The molecule has 4 rings (SSSR count). The number of nitrogens with zero attached hydrogens (tertiary/aromatic N) is 1. The lowest BCUT2D eigenvalue weighted by atomic mass is 9.92. The average molecular weight is 419 g/mol. The van der Waals surface area contributed by atoms with E-state index in [1.807, 2.05) is 26.8 Å². The van der Waals surface area contributed by atoms with Crippen LogP contribution in [-0.4, -0.2) is 21.7 Å². The fourth-order valence-electron chi connectivity index (χ4n) is 3.79. The van der Waals surface area contributed by atoms with Crippen LogP contribution < -0.4 is 5.32 Å². The van der Waals surface area contributed by atoms with E-state index in [-0.39, 0.29) is 17.9 Å². The Labute approximate surface area is 183 Å². The summed E-state index contributed by atoms with van der Waals surface area (Å²) in [5.74, 6) is 0.824. The van der Waals surface area contributed by atoms with E-state index in [0.717, 1.165) is 39.7 Å². The molecule has 5 heteroatoms. The lowest BCUT2D eigenvalue weighted by molar-refractivity contribution is 0.131. The second-order valence-electron chi connectivity index (χ2n) is 9.58. The highest BCUT2D eigenvalue weighted by atomic mass is 16.5. The largest absolute Gasteiger partial charge is 0.508 e. The number of hydrogen-bond donors (Lipinski definition) is 2. The highest BCUT2D eigenvalue weighted by Gasteiger charge is 2.26. The van der Waals surface area contributed by atoms with E-state index < -0.39 is 6.09 Å². The molecule has 1 aliphatic rings. The average Bonchev–Trinajstić information content (AvgIpc) is 3.50. The maximum Gasteiger partial charge on any atom is 0.407 e. The van der Waals surface area contributed by atoms with Gasteiger partial charge in [-0.15, -0.1) is 0 Å². The number of carbonyl (C=O) groups excluding carboxylic acids is 1. The lowest BCUT2D eigenvalue weighted by Crippen LogP contribution is -2.40. The van der Waals surface area contributed by atoms with Gasteiger partial charge in [0, 0.05) is 22.2 Å². The first-order chi connectivity index (χ1) is 14.7. The molecule has 31 heavy (non-hydrogen) atoms. The van der Waals surface area contributed by atoms with Crippen LogP contribution in [-0.2, 0) is 17.8 Å². The first-order valence-electron chi connectivity index (χ1n) is 10.9. The summed E-state index contributed by atoms with van der Waals surface area (Å²) in [6.07, 6.45) is 2.84. The molecular weight excluding hydrogens is 388 g/mol. The number of aromatic hydroxyl groups is 1. The van der Waals surface area contributed by atoms with Crippen molar-refractivity contribution in [1.29, 1.82) is 0 Å². The third-order valence-corrected chi connectivity index (χ3v) is 5.50. The quantitative estimate of drug-likeness (QED) is 0.542. The van der Waals surface area contributed by atoms with Gasteiger partial charge in [-0.2, -0.15) is 0 Å². The molecule has 0 unspecified atom stereocenters. The smallest absolute Gasteiger partial charge is 0.407 e. The molecular formula is C26H30N2O3. The Morgan fingerprint density at radius 2 is 1.87 bits per heavy atom. The molecule has 0 atom stereocenters. The first kappa shape index (κ1) is 21.2. The maximum absolute atomic E-state index is 12.4. The van der Waals surface area contributed by atoms with Crippen molar-refractivity contribution in [2.24, 2.45) is 5.92 Å². The molecule has 2 N–H and O–H groups in total. The number of amides is 1. The molecule has 1 aromatic heterocycles. The number of hydrogen-bond acceptors (Lipinski definition) is 4. The standard InChI is InChI=1S/C26H30N2O3/c1-16-5-9-18(10-6-16)24-20-14-19(29)11-12-22(20)27-23(13-17-7-8-17)21(24)15-31-25(30)28-26(2,3)4/h5-6,9-12,14,17,29H,7-8,13,15H2,1-4H3,(H,28,30). The zero-order valence-electron chi connectivity index (χ0n) is 18.7. The van der Waals surface area contributed by atoms with Gasteiger partial charge in [-0.05, 0) is 82.2 Å². The minimum Gasteiger partial charge on any atom is -0.508 e. The van der Waals surface area contributed by atoms with Gasteiger partial charge in [0.15, 0.2) is 0 Å². The number of ether oxygens (including phenoxy) is 1. The number of benzene rings is 2. The molecule has 0 saturated heterocycles. The van der Waals surface area contributed by atoms with Gasteiger partial charge in [0.1, 0.15) is 12.4 Å².